The molecule has 3 heterocycles. The molecule has 3 saturated heterocycles. The summed E-state index contributed by atoms with van der Waals surface area (Å²) < 4.78 is 24.4. The molecule has 1 amide bonds. The van der Waals surface area contributed by atoms with Crippen LogP contribution in [0.3, 0.4) is 0 Å². The molecule has 3 rings (SSSR count). The van der Waals surface area contributed by atoms with Gasteiger partial charge in [-0.3, -0.25) is 9.69 Å². The second kappa shape index (κ2) is 5.83. The van der Waals surface area contributed by atoms with Crippen molar-refractivity contribution in [3.05, 3.63) is 0 Å². The van der Waals surface area contributed by atoms with E-state index in [1.807, 2.05) is 0 Å². The molecule has 120 valence electrons. The van der Waals surface area contributed by atoms with E-state index < -0.39 is 10.0 Å². The first-order valence-corrected chi connectivity index (χ1v) is 9.44. The SMILES string of the molecule is CS(=O)(=O)N1CCN(C(=O)CN2C[C@H]3CNC[C@H]3C2)CC1. The van der Waals surface area contributed by atoms with Gasteiger partial charge in [0.1, 0.15) is 0 Å². The van der Waals surface area contributed by atoms with E-state index in [1.54, 1.807) is 4.90 Å². The maximum absolute atomic E-state index is 12.3. The highest BCUT2D eigenvalue weighted by Crippen LogP contribution is 2.26. The molecule has 3 aliphatic heterocycles. The molecule has 7 nitrogen and oxygen atoms in total. The van der Waals surface area contributed by atoms with Gasteiger partial charge in [-0.2, -0.15) is 4.31 Å². The molecule has 0 bridgehead atoms. The summed E-state index contributed by atoms with van der Waals surface area (Å²) >= 11 is 0. The Kier molecular flexibility index (Phi) is 4.22. The number of nitrogens with zero attached hydrogens (tertiary/aromatic N) is 3. The molecule has 0 saturated carbocycles. The predicted molar refractivity (Wildman–Crippen MR) is 79.3 cm³/mol. The molecule has 0 spiro atoms. The summed E-state index contributed by atoms with van der Waals surface area (Å²) in [6, 6.07) is 0. The second-order valence-corrected chi connectivity index (χ2v) is 8.40. The first kappa shape index (κ1) is 15.2. The summed E-state index contributed by atoms with van der Waals surface area (Å²) in [6.45, 7) is 6.48. The fraction of sp³-hybridized carbons (Fsp3) is 0.923. The topological polar surface area (TPSA) is 73.0 Å². The Morgan fingerprint density at radius 1 is 1.10 bits per heavy atom. The minimum atomic E-state index is -3.13. The zero-order valence-electron chi connectivity index (χ0n) is 12.5. The Labute approximate surface area is 126 Å². The van der Waals surface area contributed by atoms with E-state index in [-0.39, 0.29) is 5.91 Å². The van der Waals surface area contributed by atoms with E-state index >= 15 is 0 Å². The number of carbonyl (C=O) groups is 1. The number of sulfonamides is 1. The number of amides is 1. The number of nitrogens with one attached hydrogen (secondary N) is 1. The average Bonchev–Trinajstić information content (AvgIpc) is 2.98. The number of likely N-dealkylation sites (tertiary alicyclic amines) is 1. The average molecular weight is 316 g/mol. The van der Waals surface area contributed by atoms with Crippen LogP contribution in [0.2, 0.25) is 0 Å². The van der Waals surface area contributed by atoms with Crippen LogP contribution in [-0.4, -0.2) is 93.6 Å². The van der Waals surface area contributed by atoms with Crippen LogP contribution >= 0.6 is 0 Å². The number of carbonyl (C=O) groups excluding carboxylic acids is 1. The minimum Gasteiger partial charge on any atom is -0.339 e. The lowest BCUT2D eigenvalue weighted by atomic mass is 10.0. The summed E-state index contributed by atoms with van der Waals surface area (Å²) in [5, 5.41) is 3.40. The van der Waals surface area contributed by atoms with E-state index in [9.17, 15) is 13.2 Å². The molecule has 0 radical (unpaired) electrons. The molecular formula is C13H24N4O3S. The van der Waals surface area contributed by atoms with Crippen molar-refractivity contribution in [3.8, 4) is 0 Å². The smallest absolute Gasteiger partial charge is 0.236 e. The Morgan fingerprint density at radius 3 is 2.19 bits per heavy atom. The van der Waals surface area contributed by atoms with Crippen molar-refractivity contribution < 1.29 is 13.2 Å². The molecule has 8 heteroatoms. The van der Waals surface area contributed by atoms with Crippen LogP contribution < -0.4 is 5.32 Å². The van der Waals surface area contributed by atoms with Crippen LogP contribution in [0.4, 0.5) is 0 Å². The maximum Gasteiger partial charge on any atom is 0.236 e. The Hall–Kier alpha value is -0.700. The highest BCUT2D eigenvalue weighted by Gasteiger charge is 2.37. The van der Waals surface area contributed by atoms with Gasteiger partial charge in [0.15, 0.2) is 0 Å². The molecule has 3 fully saturated rings. The van der Waals surface area contributed by atoms with Crippen molar-refractivity contribution in [1.82, 2.24) is 19.4 Å². The van der Waals surface area contributed by atoms with E-state index in [2.05, 4.69) is 10.2 Å². The van der Waals surface area contributed by atoms with Crippen LogP contribution in [0, 0.1) is 11.8 Å². The van der Waals surface area contributed by atoms with Gasteiger partial charge in [0.2, 0.25) is 15.9 Å². The third-order valence-corrected chi connectivity index (χ3v) is 6.19. The van der Waals surface area contributed by atoms with Crippen LogP contribution in [0.25, 0.3) is 0 Å². The standard InChI is InChI=1S/C13H24N4O3S/c1-21(19,20)17-4-2-16(3-5-17)13(18)10-15-8-11-6-14-7-12(11)9-15/h11-12,14H,2-10H2,1H3/t11-,12+. The minimum absolute atomic E-state index is 0.135. The van der Waals surface area contributed by atoms with Crippen LogP contribution in [0.15, 0.2) is 0 Å². The van der Waals surface area contributed by atoms with Crippen molar-refractivity contribution in [2.45, 2.75) is 0 Å². The van der Waals surface area contributed by atoms with Gasteiger partial charge in [-0.1, -0.05) is 0 Å². The van der Waals surface area contributed by atoms with Gasteiger partial charge in [-0.05, 0) is 24.9 Å². The fourth-order valence-corrected chi connectivity index (χ4v) is 4.47. The summed E-state index contributed by atoms with van der Waals surface area (Å²) in [7, 11) is -3.13. The lowest BCUT2D eigenvalue weighted by Crippen LogP contribution is -2.52. The number of hydrogen-bond acceptors (Lipinski definition) is 5. The van der Waals surface area contributed by atoms with Gasteiger partial charge in [0, 0.05) is 39.3 Å². The van der Waals surface area contributed by atoms with Gasteiger partial charge in [-0.25, -0.2) is 8.42 Å². The summed E-state index contributed by atoms with van der Waals surface area (Å²) in [6.07, 6.45) is 1.22. The zero-order chi connectivity index (χ0) is 15.0. The van der Waals surface area contributed by atoms with Gasteiger partial charge >= 0.3 is 0 Å². The monoisotopic (exact) mass is 316 g/mol. The van der Waals surface area contributed by atoms with E-state index in [1.165, 1.54) is 10.6 Å². The molecule has 0 aliphatic carbocycles. The molecule has 21 heavy (non-hydrogen) atoms. The molecule has 1 N–H and O–H groups in total. The summed E-state index contributed by atoms with van der Waals surface area (Å²) in [5.74, 6) is 1.52. The molecule has 3 aliphatic rings. The Morgan fingerprint density at radius 2 is 1.67 bits per heavy atom. The van der Waals surface area contributed by atoms with Crippen LogP contribution in [-0.2, 0) is 14.8 Å². The molecule has 0 aromatic rings. The number of fused-ring (bicyclic) bond motifs is 1. The Bertz CT molecular complexity index is 490. The maximum atomic E-state index is 12.3. The third kappa shape index (κ3) is 3.39. The molecular weight excluding hydrogens is 292 g/mol. The first-order valence-electron chi connectivity index (χ1n) is 7.59. The highest BCUT2D eigenvalue weighted by atomic mass is 32.2. The summed E-state index contributed by atoms with van der Waals surface area (Å²) in [5.41, 5.74) is 0. The zero-order valence-corrected chi connectivity index (χ0v) is 13.3. The van der Waals surface area contributed by atoms with E-state index in [4.69, 9.17) is 0 Å². The number of piperazine rings is 1. The second-order valence-electron chi connectivity index (χ2n) is 6.42. The predicted octanol–water partition coefficient (Wildman–Crippen LogP) is -1.76. The van der Waals surface area contributed by atoms with Crippen molar-refractivity contribution in [3.63, 3.8) is 0 Å². The fourth-order valence-electron chi connectivity index (χ4n) is 3.64. The van der Waals surface area contributed by atoms with Crippen molar-refractivity contribution in [1.29, 1.82) is 0 Å². The molecule has 0 unspecified atom stereocenters. The molecule has 0 aromatic heterocycles. The quantitative estimate of drug-likeness (QED) is 0.668. The largest absolute Gasteiger partial charge is 0.339 e. The van der Waals surface area contributed by atoms with E-state index in [0.717, 1.165) is 26.2 Å². The van der Waals surface area contributed by atoms with Gasteiger partial charge < -0.3 is 10.2 Å². The molecule has 0 aromatic carbocycles. The first-order chi connectivity index (χ1) is 9.93. The van der Waals surface area contributed by atoms with Crippen molar-refractivity contribution in [2.75, 3.05) is 65.2 Å². The van der Waals surface area contributed by atoms with Crippen molar-refractivity contribution in [2.24, 2.45) is 11.8 Å². The van der Waals surface area contributed by atoms with Gasteiger partial charge in [-0.15, -0.1) is 0 Å². The Balaban J connectivity index is 1.47. The normalized spacial score (nSPS) is 31.6. The van der Waals surface area contributed by atoms with E-state index in [0.29, 0.717) is 44.6 Å². The molecule has 2 atom stereocenters. The lowest BCUT2D eigenvalue weighted by molar-refractivity contribution is -0.133. The van der Waals surface area contributed by atoms with Gasteiger partial charge in [0.05, 0.1) is 12.8 Å². The van der Waals surface area contributed by atoms with Crippen LogP contribution in [0.1, 0.15) is 0 Å². The number of hydrogen-bond donors (Lipinski definition) is 1. The summed E-state index contributed by atoms with van der Waals surface area (Å²) in [4.78, 5) is 16.4. The van der Waals surface area contributed by atoms with Crippen molar-refractivity contribution >= 4 is 15.9 Å². The van der Waals surface area contributed by atoms with Crippen LogP contribution in [0.5, 0.6) is 0 Å². The highest BCUT2D eigenvalue weighted by molar-refractivity contribution is 7.88. The lowest BCUT2D eigenvalue weighted by Gasteiger charge is -2.34. The number of rotatable bonds is 3. The third-order valence-electron chi connectivity index (χ3n) is 4.88. The van der Waals surface area contributed by atoms with Gasteiger partial charge in [0.25, 0.3) is 0 Å².